The molecule has 0 radical (unpaired) electrons. The molecule has 1 aliphatic rings. The van der Waals surface area contributed by atoms with Crippen LogP contribution in [0.3, 0.4) is 0 Å². The van der Waals surface area contributed by atoms with E-state index in [1.807, 2.05) is 36.5 Å². The minimum absolute atomic E-state index is 0.114. The summed E-state index contributed by atoms with van der Waals surface area (Å²) in [5.74, 6) is 0.804. The van der Waals surface area contributed by atoms with Gasteiger partial charge >= 0.3 is 0 Å². The SMILES string of the molecule is N[C@H]1CCCc2nc(-c3ccccc3)ncc21. The number of benzene rings is 1. The molecule has 3 rings (SSSR count). The highest BCUT2D eigenvalue weighted by molar-refractivity contribution is 5.54. The zero-order valence-electron chi connectivity index (χ0n) is 9.63. The van der Waals surface area contributed by atoms with E-state index in [-0.39, 0.29) is 6.04 Å². The van der Waals surface area contributed by atoms with E-state index in [1.54, 1.807) is 0 Å². The second-order valence-corrected chi connectivity index (χ2v) is 4.46. The van der Waals surface area contributed by atoms with Crippen molar-refractivity contribution in [2.75, 3.05) is 0 Å². The Morgan fingerprint density at radius 2 is 2.00 bits per heavy atom. The molecular formula is C14H15N3. The molecule has 1 atom stereocenters. The highest BCUT2D eigenvalue weighted by Gasteiger charge is 2.19. The van der Waals surface area contributed by atoms with Crippen molar-refractivity contribution in [3.8, 4) is 11.4 Å². The van der Waals surface area contributed by atoms with Gasteiger partial charge in [-0.25, -0.2) is 9.97 Å². The van der Waals surface area contributed by atoms with Gasteiger partial charge in [0.05, 0.1) is 0 Å². The Kier molecular flexibility index (Phi) is 2.61. The molecule has 0 bridgehead atoms. The third kappa shape index (κ3) is 1.94. The lowest BCUT2D eigenvalue weighted by molar-refractivity contribution is 0.557. The smallest absolute Gasteiger partial charge is 0.159 e. The molecular weight excluding hydrogens is 210 g/mol. The van der Waals surface area contributed by atoms with Crippen molar-refractivity contribution in [1.29, 1.82) is 0 Å². The molecule has 0 spiro atoms. The van der Waals surface area contributed by atoms with Crippen molar-refractivity contribution >= 4 is 0 Å². The number of hydrogen-bond acceptors (Lipinski definition) is 3. The molecule has 17 heavy (non-hydrogen) atoms. The van der Waals surface area contributed by atoms with Gasteiger partial charge < -0.3 is 5.73 Å². The van der Waals surface area contributed by atoms with E-state index >= 15 is 0 Å². The minimum Gasteiger partial charge on any atom is -0.324 e. The lowest BCUT2D eigenvalue weighted by Gasteiger charge is -2.20. The van der Waals surface area contributed by atoms with Crippen molar-refractivity contribution in [2.45, 2.75) is 25.3 Å². The first-order chi connectivity index (χ1) is 8.34. The fourth-order valence-electron chi connectivity index (χ4n) is 2.31. The highest BCUT2D eigenvalue weighted by atomic mass is 14.9. The van der Waals surface area contributed by atoms with E-state index in [1.165, 1.54) is 0 Å². The van der Waals surface area contributed by atoms with Crippen LogP contribution in [0, 0.1) is 0 Å². The third-order valence-corrected chi connectivity index (χ3v) is 3.26. The van der Waals surface area contributed by atoms with E-state index in [0.29, 0.717) is 0 Å². The molecule has 0 aliphatic heterocycles. The van der Waals surface area contributed by atoms with Gasteiger partial charge in [0.25, 0.3) is 0 Å². The van der Waals surface area contributed by atoms with Gasteiger partial charge in [-0.3, -0.25) is 0 Å². The molecule has 1 aromatic carbocycles. The van der Waals surface area contributed by atoms with E-state index in [4.69, 9.17) is 5.73 Å². The fraction of sp³-hybridized carbons (Fsp3) is 0.286. The van der Waals surface area contributed by atoms with Crippen molar-refractivity contribution < 1.29 is 0 Å². The monoisotopic (exact) mass is 225 g/mol. The first kappa shape index (κ1) is 10.4. The van der Waals surface area contributed by atoms with Crippen LogP contribution in [0.2, 0.25) is 0 Å². The Morgan fingerprint density at radius 1 is 1.18 bits per heavy atom. The lowest BCUT2D eigenvalue weighted by Crippen LogP contribution is -2.19. The molecule has 1 heterocycles. The normalized spacial score (nSPS) is 18.8. The molecule has 0 unspecified atom stereocenters. The van der Waals surface area contributed by atoms with Gasteiger partial charge in [-0.1, -0.05) is 30.3 Å². The summed E-state index contributed by atoms with van der Waals surface area (Å²) in [6.45, 7) is 0. The maximum Gasteiger partial charge on any atom is 0.159 e. The maximum atomic E-state index is 6.06. The predicted molar refractivity (Wildman–Crippen MR) is 67.3 cm³/mol. The van der Waals surface area contributed by atoms with Crippen LogP contribution in [-0.2, 0) is 6.42 Å². The van der Waals surface area contributed by atoms with Crippen LogP contribution in [0.1, 0.15) is 30.1 Å². The van der Waals surface area contributed by atoms with E-state index in [2.05, 4.69) is 9.97 Å². The van der Waals surface area contributed by atoms with Gasteiger partial charge in [-0.2, -0.15) is 0 Å². The molecule has 3 nitrogen and oxygen atoms in total. The molecule has 3 heteroatoms. The summed E-state index contributed by atoms with van der Waals surface area (Å²) in [5, 5.41) is 0. The zero-order valence-corrected chi connectivity index (χ0v) is 9.63. The van der Waals surface area contributed by atoms with Crippen molar-refractivity contribution in [3.63, 3.8) is 0 Å². The summed E-state index contributed by atoms with van der Waals surface area (Å²) in [7, 11) is 0. The number of nitrogens with zero attached hydrogens (tertiary/aromatic N) is 2. The minimum atomic E-state index is 0.114. The first-order valence-corrected chi connectivity index (χ1v) is 6.01. The average molecular weight is 225 g/mol. The van der Waals surface area contributed by atoms with E-state index < -0.39 is 0 Å². The van der Waals surface area contributed by atoms with Gasteiger partial charge in [-0.15, -0.1) is 0 Å². The van der Waals surface area contributed by atoms with Crippen molar-refractivity contribution in [2.24, 2.45) is 5.73 Å². The molecule has 0 saturated carbocycles. The average Bonchev–Trinajstić information content (AvgIpc) is 2.40. The standard InChI is InChI=1S/C14H15N3/c15-12-7-4-8-13-11(12)9-16-14(17-13)10-5-2-1-3-6-10/h1-3,5-6,9,12H,4,7-8,15H2/t12-/m0/s1. The van der Waals surface area contributed by atoms with Gasteiger partial charge in [-0.05, 0) is 19.3 Å². The maximum absolute atomic E-state index is 6.06. The largest absolute Gasteiger partial charge is 0.324 e. The Hall–Kier alpha value is -1.74. The molecule has 1 aliphatic carbocycles. The fourth-order valence-corrected chi connectivity index (χ4v) is 2.31. The predicted octanol–water partition coefficient (Wildman–Crippen LogP) is 2.48. The topological polar surface area (TPSA) is 51.8 Å². The Labute approximate surface area is 101 Å². The van der Waals surface area contributed by atoms with Gasteiger partial charge in [0.2, 0.25) is 0 Å². The highest BCUT2D eigenvalue weighted by Crippen LogP contribution is 2.27. The summed E-state index contributed by atoms with van der Waals surface area (Å²) in [6, 6.07) is 10.2. The Balaban J connectivity index is 2.04. The van der Waals surface area contributed by atoms with Gasteiger partial charge in [0.15, 0.2) is 5.82 Å². The number of aryl methyl sites for hydroxylation is 1. The van der Waals surface area contributed by atoms with Gasteiger partial charge in [0.1, 0.15) is 0 Å². The summed E-state index contributed by atoms with van der Waals surface area (Å²) < 4.78 is 0. The third-order valence-electron chi connectivity index (χ3n) is 3.26. The van der Waals surface area contributed by atoms with Crippen LogP contribution in [0.25, 0.3) is 11.4 Å². The van der Waals surface area contributed by atoms with Crippen LogP contribution in [0.15, 0.2) is 36.5 Å². The van der Waals surface area contributed by atoms with Crippen LogP contribution in [0.5, 0.6) is 0 Å². The van der Waals surface area contributed by atoms with Crippen molar-refractivity contribution in [3.05, 3.63) is 47.8 Å². The summed E-state index contributed by atoms with van der Waals surface area (Å²) in [6.07, 6.45) is 5.08. The molecule has 1 aromatic heterocycles. The summed E-state index contributed by atoms with van der Waals surface area (Å²) >= 11 is 0. The second kappa shape index (κ2) is 4.26. The lowest BCUT2D eigenvalue weighted by atomic mass is 9.93. The molecule has 86 valence electrons. The zero-order chi connectivity index (χ0) is 11.7. The van der Waals surface area contributed by atoms with E-state index in [9.17, 15) is 0 Å². The van der Waals surface area contributed by atoms with E-state index in [0.717, 1.165) is 41.9 Å². The Bertz CT molecular complexity index is 522. The molecule has 2 N–H and O–H groups in total. The Morgan fingerprint density at radius 3 is 2.82 bits per heavy atom. The summed E-state index contributed by atoms with van der Waals surface area (Å²) in [4.78, 5) is 9.06. The number of nitrogens with two attached hydrogens (primary N) is 1. The van der Waals surface area contributed by atoms with Gasteiger partial charge in [0, 0.05) is 29.1 Å². The number of fused-ring (bicyclic) bond motifs is 1. The van der Waals surface area contributed by atoms with Crippen molar-refractivity contribution in [1.82, 2.24) is 9.97 Å². The first-order valence-electron chi connectivity index (χ1n) is 6.01. The summed E-state index contributed by atoms with van der Waals surface area (Å²) in [5.41, 5.74) is 9.36. The number of hydrogen-bond donors (Lipinski definition) is 1. The molecule has 0 saturated heterocycles. The van der Waals surface area contributed by atoms with Crippen LogP contribution in [-0.4, -0.2) is 9.97 Å². The van der Waals surface area contributed by atoms with Crippen LogP contribution >= 0.6 is 0 Å². The molecule has 0 fully saturated rings. The molecule has 2 aromatic rings. The number of rotatable bonds is 1. The quantitative estimate of drug-likeness (QED) is 0.811. The number of aromatic nitrogens is 2. The molecule has 0 amide bonds. The van der Waals surface area contributed by atoms with Crippen LogP contribution < -0.4 is 5.73 Å². The second-order valence-electron chi connectivity index (χ2n) is 4.46. The van der Waals surface area contributed by atoms with Crippen LogP contribution in [0.4, 0.5) is 0 Å².